The summed E-state index contributed by atoms with van der Waals surface area (Å²) in [7, 11) is 0. The van der Waals surface area contributed by atoms with Gasteiger partial charge in [-0.1, -0.05) is 49.0 Å². The monoisotopic (exact) mass is 255 g/mol. The van der Waals surface area contributed by atoms with Crippen molar-refractivity contribution in [1.82, 2.24) is 5.32 Å². The molecule has 0 heterocycles. The van der Waals surface area contributed by atoms with Gasteiger partial charge >= 0.3 is 0 Å². The molecular formula is C16H14FNO. The minimum Gasteiger partial charge on any atom is -0.348 e. The molecule has 96 valence electrons. The summed E-state index contributed by atoms with van der Waals surface area (Å²) in [5, 5.41) is 2.55. The zero-order valence-corrected chi connectivity index (χ0v) is 10.4. The van der Waals surface area contributed by atoms with Gasteiger partial charge in [0.25, 0.3) is 0 Å². The summed E-state index contributed by atoms with van der Waals surface area (Å²) in [6.45, 7) is 3.50. The maximum atomic E-state index is 13.9. The number of benzene rings is 2. The fourth-order valence-electron chi connectivity index (χ4n) is 1.76. The van der Waals surface area contributed by atoms with Gasteiger partial charge in [-0.3, -0.25) is 4.79 Å². The number of hydrogen-bond acceptors (Lipinski definition) is 1. The highest BCUT2D eigenvalue weighted by atomic mass is 19.1. The highest BCUT2D eigenvalue weighted by molar-refractivity contribution is 5.86. The van der Waals surface area contributed by atoms with E-state index in [4.69, 9.17) is 0 Å². The quantitative estimate of drug-likeness (QED) is 0.834. The summed E-state index contributed by atoms with van der Waals surface area (Å²) < 4.78 is 13.9. The van der Waals surface area contributed by atoms with Gasteiger partial charge in [0, 0.05) is 12.1 Å². The lowest BCUT2D eigenvalue weighted by atomic mass is 10.0. The first-order valence-corrected chi connectivity index (χ1v) is 5.95. The standard InChI is InChI=1S/C16H14FNO/c1-2-16(19)18-11-14-9-8-13(10-15(14)17)12-6-4-3-5-7-12/h2-10H,1,11H2,(H,18,19). The Hall–Kier alpha value is -2.42. The molecule has 0 saturated carbocycles. The predicted octanol–water partition coefficient (Wildman–Crippen LogP) is 3.29. The molecule has 1 amide bonds. The molecule has 0 aliphatic rings. The molecule has 1 N–H and O–H groups in total. The number of rotatable bonds is 4. The number of amides is 1. The van der Waals surface area contributed by atoms with Gasteiger partial charge in [-0.15, -0.1) is 0 Å². The molecule has 2 aromatic rings. The first kappa shape index (κ1) is 13.0. The van der Waals surface area contributed by atoms with Gasteiger partial charge in [-0.05, 0) is 23.3 Å². The van der Waals surface area contributed by atoms with Crippen LogP contribution in [0.2, 0.25) is 0 Å². The molecule has 0 aromatic heterocycles. The molecule has 3 heteroatoms. The van der Waals surface area contributed by atoms with E-state index in [2.05, 4.69) is 11.9 Å². The van der Waals surface area contributed by atoms with E-state index >= 15 is 0 Å². The molecule has 0 radical (unpaired) electrons. The molecule has 0 bridgehead atoms. The zero-order valence-electron chi connectivity index (χ0n) is 10.4. The molecule has 0 saturated heterocycles. The Bertz CT molecular complexity index is 593. The first-order valence-electron chi connectivity index (χ1n) is 5.95. The summed E-state index contributed by atoms with van der Waals surface area (Å²) in [4.78, 5) is 11.0. The largest absolute Gasteiger partial charge is 0.348 e. The van der Waals surface area contributed by atoms with Gasteiger partial charge in [0.15, 0.2) is 0 Å². The third-order valence-electron chi connectivity index (χ3n) is 2.80. The van der Waals surface area contributed by atoms with Crippen LogP contribution in [0, 0.1) is 5.82 Å². The molecule has 0 aliphatic heterocycles. The lowest BCUT2D eigenvalue weighted by molar-refractivity contribution is -0.116. The van der Waals surface area contributed by atoms with Gasteiger partial charge < -0.3 is 5.32 Å². The van der Waals surface area contributed by atoms with Crippen molar-refractivity contribution in [2.45, 2.75) is 6.54 Å². The Balaban J connectivity index is 2.18. The van der Waals surface area contributed by atoms with E-state index in [1.54, 1.807) is 6.07 Å². The normalized spacial score (nSPS) is 9.95. The first-order chi connectivity index (χ1) is 9.20. The maximum absolute atomic E-state index is 13.9. The molecule has 0 aliphatic carbocycles. The molecule has 0 spiro atoms. The lowest BCUT2D eigenvalue weighted by Crippen LogP contribution is -2.20. The predicted molar refractivity (Wildman–Crippen MR) is 73.9 cm³/mol. The van der Waals surface area contributed by atoms with Crippen LogP contribution in [-0.4, -0.2) is 5.91 Å². The molecule has 2 nitrogen and oxygen atoms in total. The molecular weight excluding hydrogens is 241 g/mol. The van der Waals surface area contributed by atoms with Crippen LogP contribution in [0.1, 0.15) is 5.56 Å². The fraction of sp³-hybridized carbons (Fsp3) is 0.0625. The average Bonchev–Trinajstić information content (AvgIpc) is 2.46. The van der Waals surface area contributed by atoms with Crippen LogP contribution < -0.4 is 5.32 Å². The van der Waals surface area contributed by atoms with Crippen molar-refractivity contribution in [2.75, 3.05) is 0 Å². The van der Waals surface area contributed by atoms with E-state index in [9.17, 15) is 9.18 Å². The summed E-state index contributed by atoms with van der Waals surface area (Å²) in [6.07, 6.45) is 1.16. The van der Waals surface area contributed by atoms with Gasteiger partial charge in [0.2, 0.25) is 5.91 Å². The third kappa shape index (κ3) is 3.28. The smallest absolute Gasteiger partial charge is 0.243 e. The highest BCUT2D eigenvalue weighted by Gasteiger charge is 2.05. The minimum absolute atomic E-state index is 0.158. The van der Waals surface area contributed by atoms with Crippen molar-refractivity contribution < 1.29 is 9.18 Å². The molecule has 0 unspecified atom stereocenters. The van der Waals surface area contributed by atoms with E-state index in [-0.39, 0.29) is 18.3 Å². The molecule has 2 rings (SSSR count). The lowest BCUT2D eigenvalue weighted by Gasteiger charge is -2.07. The number of carbonyl (C=O) groups excluding carboxylic acids is 1. The number of nitrogens with one attached hydrogen (secondary N) is 1. The Labute approximate surface area is 111 Å². The van der Waals surface area contributed by atoms with Gasteiger partial charge in [0.1, 0.15) is 5.82 Å². The zero-order chi connectivity index (χ0) is 13.7. The Morgan fingerprint density at radius 2 is 1.89 bits per heavy atom. The minimum atomic E-state index is -0.328. The van der Waals surface area contributed by atoms with Crippen LogP contribution in [0.5, 0.6) is 0 Å². The van der Waals surface area contributed by atoms with Crippen molar-refractivity contribution >= 4 is 5.91 Å². The summed E-state index contributed by atoms with van der Waals surface area (Å²) in [5.74, 6) is -0.641. The van der Waals surface area contributed by atoms with E-state index < -0.39 is 0 Å². The fourth-order valence-corrected chi connectivity index (χ4v) is 1.76. The van der Waals surface area contributed by atoms with Crippen LogP contribution in [0.15, 0.2) is 61.2 Å². The SMILES string of the molecule is C=CC(=O)NCc1ccc(-c2ccccc2)cc1F. The molecule has 0 atom stereocenters. The maximum Gasteiger partial charge on any atom is 0.243 e. The van der Waals surface area contributed by atoms with E-state index in [1.165, 1.54) is 6.07 Å². The summed E-state index contributed by atoms with van der Waals surface area (Å²) in [6, 6.07) is 14.6. The van der Waals surface area contributed by atoms with Crippen LogP contribution in [0.4, 0.5) is 4.39 Å². The number of hydrogen-bond donors (Lipinski definition) is 1. The van der Waals surface area contributed by atoms with Gasteiger partial charge in [-0.25, -0.2) is 4.39 Å². The summed E-state index contributed by atoms with van der Waals surface area (Å²) in [5.41, 5.74) is 2.23. The van der Waals surface area contributed by atoms with Crippen LogP contribution in [0.3, 0.4) is 0 Å². The van der Waals surface area contributed by atoms with Crippen LogP contribution >= 0.6 is 0 Å². The van der Waals surface area contributed by atoms with E-state index in [0.717, 1.165) is 17.2 Å². The Kier molecular flexibility index (Phi) is 4.08. The van der Waals surface area contributed by atoms with E-state index in [1.807, 2.05) is 36.4 Å². The number of carbonyl (C=O) groups is 1. The highest BCUT2D eigenvalue weighted by Crippen LogP contribution is 2.21. The second-order valence-corrected chi connectivity index (χ2v) is 4.09. The molecule has 2 aromatic carbocycles. The Morgan fingerprint density at radius 3 is 2.53 bits per heavy atom. The van der Waals surface area contributed by atoms with Crippen molar-refractivity contribution in [1.29, 1.82) is 0 Å². The Morgan fingerprint density at radius 1 is 1.16 bits per heavy atom. The average molecular weight is 255 g/mol. The van der Waals surface area contributed by atoms with Crippen molar-refractivity contribution in [3.8, 4) is 11.1 Å². The van der Waals surface area contributed by atoms with E-state index in [0.29, 0.717) is 5.56 Å². The van der Waals surface area contributed by atoms with Crippen LogP contribution in [0.25, 0.3) is 11.1 Å². The molecule has 0 fully saturated rings. The van der Waals surface area contributed by atoms with Crippen molar-refractivity contribution in [3.05, 3.63) is 72.6 Å². The van der Waals surface area contributed by atoms with Crippen molar-refractivity contribution in [2.24, 2.45) is 0 Å². The van der Waals surface area contributed by atoms with Crippen LogP contribution in [-0.2, 0) is 11.3 Å². The topological polar surface area (TPSA) is 29.1 Å². The van der Waals surface area contributed by atoms with Gasteiger partial charge in [-0.2, -0.15) is 0 Å². The summed E-state index contributed by atoms with van der Waals surface area (Å²) >= 11 is 0. The van der Waals surface area contributed by atoms with Gasteiger partial charge in [0.05, 0.1) is 0 Å². The third-order valence-corrected chi connectivity index (χ3v) is 2.80. The second kappa shape index (κ2) is 5.96. The van der Waals surface area contributed by atoms with Crippen molar-refractivity contribution in [3.63, 3.8) is 0 Å². The second-order valence-electron chi connectivity index (χ2n) is 4.09. The number of halogens is 1. The molecule has 19 heavy (non-hydrogen) atoms.